The minimum atomic E-state index is -1.14. The number of aliphatic carboxylic acids is 1. The van der Waals surface area contributed by atoms with Gasteiger partial charge >= 0.3 is 11.9 Å². The first-order valence-electron chi connectivity index (χ1n) is 8.63. The molecule has 1 aliphatic rings. The first kappa shape index (κ1) is 19.0. The molecule has 1 fully saturated rings. The van der Waals surface area contributed by atoms with Crippen LogP contribution < -0.4 is 5.32 Å². The van der Waals surface area contributed by atoms with Crippen LogP contribution in [-0.4, -0.2) is 36.1 Å². The zero-order chi connectivity index (χ0) is 18.4. The molecule has 1 aromatic rings. The lowest BCUT2D eigenvalue weighted by Crippen LogP contribution is -2.53. The summed E-state index contributed by atoms with van der Waals surface area (Å²) in [4.78, 5) is 36.2. The monoisotopic (exact) mass is 347 g/mol. The van der Waals surface area contributed by atoms with Crippen molar-refractivity contribution in [3.63, 3.8) is 0 Å². The van der Waals surface area contributed by atoms with Gasteiger partial charge in [-0.15, -0.1) is 0 Å². The zero-order valence-corrected chi connectivity index (χ0v) is 14.7. The standard InChI is InChI=1S/C19H25NO5/c1-3-25-18(24)19(9-6-10-19)17(23)20-12-15(16(21)22)11-14-8-5-4-7-13(14)2/h4-5,7-8,15H,3,6,9-12H2,1-2H3,(H,20,23)(H,21,22). The number of ether oxygens (including phenoxy) is 1. The van der Waals surface area contributed by atoms with Gasteiger partial charge in [0.2, 0.25) is 5.91 Å². The van der Waals surface area contributed by atoms with Gasteiger partial charge in [-0.3, -0.25) is 14.4 Å². The number of hydrogen-bond donors (Lipinski definition) is 2. The fourth-order valence-electron chi connectivity index (χ4n) is 3.06. The first-order chi connectivity index (χ1) is 11.9. The summed E-state index contributed by atoms with van der Waals surface area (Å²) in [7, 11) is 0. The number of carbonyl (C=O) groups excluding carboxylic acids is 2. The van der Waals surface area contributed by atoms with Gasteiger partial charge in [-0.05, 0) is 44.2 Å². The second-order valence-corrected chi connectivity index (χ2v) is 6.53. The van der Waals surface area contributed by atoms with Crippen molar-refractivity contribution in [3.05, 3.63) is 35.4 Å². The lowest BCUT2D eigenvalue weighted by Gasteiger charge is -2.37. The minimum Gasteiger partial charge on any atom is -0.481 e. The normalized spacial score (nSPS) is 16.4. The Labute approximate surface area is 147 Å². The van der Waals surface area contributed by atoms with Crippen molar-refractivity contribution in [2.24, 2.45) is 11.3 Å². The maximum atomic E-state index is 12.5. The Morgan fingerprint density at radius 2 is 1.96 bits per heavy atom. The molecule has 0 radical (unpaired) electrons. The molecule has 0 spiro atoms. The Morgan fingerprint density at radius 1 is 1.28 bits per heavy atom. The quantitative estimate of drug-likeness (QED) is 0.555. The number of nitrogens with one attached hydrogen (secondary N) is 1. The van der Waals surface area contributed by atoms with E-state index in [-0.39, 0.29) is 13.2 Å². The maximum absolute atomic E-state index is 12.5. The smallest absolute Gasteiger partial charge is 0.321 e. The van der Waals surface area contributed by atoms with Gasteiger partial charge in [-0.2, -0.15) is 0 Å². The topological polar surface area (TPSA) is 92.7 Å². The molecule has 6 nitrogen and oxygen atoms in total. The number of carboxylic acid groups (broad SMARTS) is 1. The number of benzene rings is 1. The van der Waals surface area contributed by atoms with E-state index in [9.17, 15) is 19.5 Å². The van der Waals surface area contributed by atoms with E-state index in [0.717, 1.165) is 17.5 Å². The molecule has 1 saturated carbocycles. The Morgan fingerprint density at radius 3 is 2.48 bits per heavy atom. The van der Waals surface area contributed by atoms with Gasteiger partial charge in [0.15, 0.2) is 0 Å². The maximum Gasteiger partial charge on any atom is 0.321 e. The zero-order valence-electron chi connectivity index (χ0n) is 14.7. The highest BCUT2D eigenvalue weighted by Crippen LogP contribution is 2.42. The average Bonchev–Trinajstić information content (AvgIpc) is 2.52. The number of esters is 1. The summed E-state index contributed by atoms with van der Waals surface area (Å²) < 4.78 is 5.02. The van der Waals surface area contributed by atoms with Crippen molar-refractivity contribution >= 4 is 17.8 Å². The molecule has 2 rings (SSSR count). The summed E-state index contributed by atoms with van der Waals surface area (Å²) in [5, 5.41) is 12.1. The molecule has 0 saturated heterocycles. The van der Waals surface area contributed by atoms with E-state index < -0.39 is 29.2 Å². The number of rotatable bonds is 8. The van der Waals surface area contributed by atoms with E-state index in [1.165, 1.54) is 0 Å². The fraction of sp³-hybridized carbons (Fsp3) is 0.526. The third kappa shape index (κ3) is 4.18. The van der Waals surface area contributed by atoms with Crippen LogP contribution in [0.1, 0.15) is 37.3 Å². The molecule has 25 heavy (non-hydrogen) atoms. The third-order valence-corrected chi connectivity index (χ3v) is 4.89. The van der Waals surface area contributed by atoms with E-state index in [2.05, 4.69) is 5.32 Å². The predicted molar refractivity (Wildman–Crippen MR) is 91.9 cm³/mol. The van der Waals surface area contributed by atoms with Crippen molar-refractivity contribution in [2.45, 2.75) is 39.5 Å². The highest BCUT2D eigenvalue weighted by Gasteiger charge is 2.52. The van der Waals surface area contributed by atoms with Crippen molar-refractivity contribution in [1.29, 1.82) is 0 Å². The molecule has 0 heterocycles. The Kier molecular flexibility index (Phi) is 6.17. The molecular weight excluding hydrogens is 322 g/mol. The van der Waals surface area contributed by atoms with Gasteiger partial charge < -0.3 is 15.2 Å². The Balaban J connectivity index is 2.01. The summed E-state index contributed by atoms with van der Waals surface area (Å²) in [6, 6.07) is 7.58. The van der Waals surface area contributed by atoms with Gasteiger partial charge in [0.1, 0.15) is 5.41 Å². The van der Waals surface area contributed by atoms with Crippen LogP contribution in [0.3, 0.4) is 0 Å². The summed E-state index contributed by atoms with van der Waals surface area (Å²) >= 11 is 0. The van der Waals surface area contributed by atoms with Crippen LogP contribution in [0.25, 0.3) is 0 Å². The summed E-state index contributed by atoms with van der Waals surface area (Å²) in [5.41, 5.74) is 0.816. The second kappa shape index (κ2) is 8.14. The van der Waals surface area contributed by atoms with Crippen LogP contribution in [-0.2, 0) is 25.5 Å². The van der Waals surface area contributed by atoms with Crippen LogP contribution in [0.2, 0.25) is 0 Å². The number of carboxylic acids is 1. The van der Waals surface area contributed by atoms with Crippen LogP contribution in [0.5, 0.6) is 0 Å². The molecule has 6 heteroatoms. The van der Waals surface area contributed by atoms with Crippen molar-refractivity contribution in [3.8, 4) is 0 Å². The molecule has 0 aromatic heterocycles. The molecule has 0 aliphatic heterocycles. The predicted octanol–water partition coefficient (Wildman–Crippen LogP) is 2.09. The van der Waals surface area contributed by atoms with E-state index in [1.54, 1.807) is 6.92 Å². The number of aryl methyl sites for hydroxylation is 1. The lowest BCUT2D eigenvalue weighted by molar-refractivity contribution is -0.167. The first-order valence-corrected chi connectivity index (χ1v) is 8.63. The summed E-state index contributed by atoms with van der Waals surface area (Å²) in [6.07, 6.45) is 2.02. The van der Waals surface area contributed by atoms with Crippen LogP contribution in [0, 0.1) is 18.3 Å². The number of amides is 1. The van der Waals surface area contributed by atoms with Gasteiger partial charge in [0.25, 0.3) is 0 Å². The van der Waals surface area contributed by atoms with Gasteiger partial charge in [0.05, 0.1) is 12.5 Å². The van der Waals surface area contributed by atoms with Gasteiger partial charge in [0, 0.05) is 6.54 Å². The van der Waals surface area contributed by atoms with E-state index in [4.69, 9.17) is 4.74 Å². The van der Waals surface area contributed by atoms with Crippen LogP contribution >= 0.6 is 0 Å². The summed E-state index contributed by atoms with van der Waals surface area (Å²) in [6.45, 7) is 3.84. The molecule has 1 amide bonds. The highest BCUT2D eigenvalue weighted by atomic mass is 16.5. The van der Waals surface area contributed by atoms with Crippen molar-refractivity contribution in [1.82, 2.24) is 5.32 Å². The van der Waals surface area contributed by atoms with Gasteiger partial charge in [-0.1, -0.05) is 30.7 Å². The Bertz CT molecular complexity index is 651. The molecule has 1 atom stereocenters. The SMILES string of the molecule is CCOC(=O)C1(C(=O)NCC(Cc2ccccc2C)C(=O)O)CCC1. The van der Waals surface area contributed by atoms with E-state index in [0.29, 0.717) is 19.3 Å². The molecular formula is C19H25NO5. The number of hydrogen-bond acceptors (Lipinski definition) is 4. The molecule has 2 N–H and O–H groups in total. The van der Waals surface area contributed by atoms with Crippen molar-refractivity contribution < 1.29 is 24.2 Å². The van der Waals surface area contributed by atoms with E-state index in [1.807, 2.05) is 31.2 Å². The molecule has 1 aromatic carbocycles. The summed E-state index contributed by atoms with van der Waals surface area (Å²) in [5.74, 6) is -2.65. The third-order valence-electron chi connectivity index (χ3n) is 4.89. The largest absolute Gasteiger partial charge is 0.481 e. The Hall–Kier alpha value is -2.37. The molecule has 136 valence electrons. The lowest BCUT2D eigenvalue weighted by atomic mass is 9.68. The average molecular weight is 347 g/mol. The van der Waals surface area contributed by atoms with Crippen molar-refractivity contribution in [2.75, 3.05) is 13.2 Å². The van der Waals surface area contributed by atoms with Gasteiger partial charge in [-0.25, -0.2) is 0 Å². The molecule has 0 bridgehead atoms. The molecule has 1 unspecified atom stereocenters. The van der Waals surface area contributed by atoms with Crippen LogP contribution in [0.4, 0.5) is 0 Å². The second-order valence-electron chi connectivity index (χ2n) is 6.53. The van der Waals surface area contributed by atoms with Crippen LogP contribution in [0.15, 0.2) is 24.3 Å². The highest BCUT2D eigenvalue weighted by molar-refractivity contribution is 6.03. The molecule has 1 aliphatic carbocycles. The fourth-order valence-corrected chi connectivity index (χ4v) is 3.06. The van der Waals surface area contributed by atoms with E-state index >= 15 is 0 Å². The number of carbonyl (C=O) groups is 3. The minimum absolute atomic E-state index is 0.0103.